The van der Waals surface area contributed by atoms with E-state index in [1.165, 1.54) is 708 Å². The molecule has 0 saturated carbocycles. The molecule has 0 aromatic rings. The minimum Gasteiger partial charge on any atom is -0.512 e. The zero-order valence-corrected chi connectivity index (χ0v) is 96.9. The van der Waals surface area contributed by atoms with Crippen LogP contribution in [0.4, 0.5) is 0 Å². The van der Waals surface area contributed by atoms with E-state index in [0.29, 0.717) is 0 Å². The van der Waals surface area contributed by atoms with E-state index in [0.717, 1.165) is 0 Å². The zero-order valence-electron chi connectivity index (χ0n) is 95.7. The van der Waals surface area contributed by atoms with E-state index >= 15 is 0 Å². The van der Waals surface area contributed by atoms with Crippen molar-refractivity contribution in [2.75, 3.05) is 78.5 Å². The second-order valence-electron chi connectivity index (χ2n) is 42.4. The zero-order chi connectivity index (χ0) is 102. The maximum Gasteiger partial charge on any atom is 3.00 e. The predicted molar refractivity (Wildman–Crippen MR) is 600 cm³/mol. The fourth-order valence-electron chi connectivity index (χ4n) is 21.0. The van der Waals surface area contributed by atoms with E-state index in [4.69, 9.17) is 71.0 Å². The van der Waals surface area contributed by atoms with Gasteiger partial charge in [-0.1, -0.05) is 545 Å². The topological polar surface area (TPSA) is 143 Å². The molecular formula is C126H252FeN9. The molecule has 0 aliphatic rings. The Kier molecular flexibility index (Phi) is 169. The van der Waals surface area contributed by atoms with Gasteiger partial charge in [-0.15, -0.1) is 0 Å². The molecule has 0 aliphatic heterocycles. The van der Waals surface area contributed by atoms with Crippen LogP contribution in [0.3, 0.4) is 0 Å². The first-order valence-corrected chi connectivity index (χ1v) is 61.6. The van der Waals surface area contributed by atoms with Crippen molar-refractivity contribution in [1.29, 1.82) is 31.6 Å². The Labute approximate surface area is 873 Å². The summed E-state index contributed by atoms with van der Waals surface area (Å²) < 4.78 is 4.45. The monoisotopic (exact) mass is 1950 g/mol. The molecule has 0 amide bonds. The normalized spacial score (nSPS) is 10.9. The summed E-state index contributed by atoms with van der Waals surface area (Å²) in [5.41, 5.74) is 0. The van der Waals surface area contributed by atoms with Gasteiger partial charge in [0.05, 0.1) is 78.5 Å². The largest absolute Gasteiger partial charge is 3.00 e. The minimum absolute atomic E-state index is 0. The van der Waals surface area contributed by atoms with Crippen LogP contribution in [0.25, 0.3) is 0 Å². The summed E-state index contributed by atoms with van der Waals surface area (Å²) >= 11 is 0. The van der Waals surface area contributed by atoms with Crippen LogP contribution in [0, 0.1) is 71.0 Å². The summed E-state index contributed by atoms with van der Waals surface area (Å²) in [6, 6.07) is 0. The first-order valence-electron chi connectivity index (χ1n) is 61.6. The van der Waals surface area contributed by atoms with Gasteiger partial charge < -0.3 is 84.5 Å². The van der Waals surface area contributed by atoms with Crippen LogP contribution < -0.4 is 0 Å². The van der Waals surface area contributed by atoms with Crippen LogP contribution in [0.1, 0.15) is 699 Å². The molecule has 809 valence electrons. The van der Waals surface area contributed by atoms with Crippen molar-refractivity contribution in [3.8, 4) is 0 Å². The van der Waals surface area contributed by atoms with Gasteiger partial charge in [0.1, 0.15) is 0 Å². The van der Waals surface area contributed by atoms with Crippen LogP contribution in [-0.4, -0.2) is 92.0 Å². The first-order chi connectivity index (χ1) is 66.7. The summed E-state index contributed by atoms with van der Waals surface area (Å²) in [4.78, 5) is 0. The van der Waals surface area contributed by atoms with Crippen molar-refractivity contribution in [2.45, 2.75) is 699 Å². The summed E-state index contributed by atoms with van der Waals surface area (Å²) in [5, 5.41) is 37.5. The molecule has 9 nitrogen and oxygen atoms in total. The fourth-order valence-corrected chi connectivity index (χ4v) is 21.0. The van der Waals surface area contributed by atoms with Gasteiger partial charge in [-0.05, 0) is 154 Å². The molecule has 10 heteroatoms. The molecule has 0 unspecified atom stereocenters. The van der Waals surface area contributed by atoms with Gasteiger partial charge in [-0.25, -0.2) is 0 Å². The van der Waals surface area contributed by atoms with E-state index in [1.54, 1.807) is 0 Å². The molecule has 136 heavy (non-hydrogen) atoms. The maximum absolute atomic E-state index is 6.25. The molecule has 0 saturated heterocycles. The quantitative estimate of drug-likeness (QED) is 0.0257. The summed E-state index contributed by atoms with van der Waals surface area (Å²) in [7, 11) is 0. The Bertz CT molecular complexity index is 1580. The van der Waals surface area contributed by atoms with Crippen molar-refractivity contribution in [2.24, 2.45) is 0 Å². The van der Waals surface area contributed by atoms with Crippen molar-refractivity contribution in [3.05, 3.63) is 39.4 Å². The molecule has 0 bridgehead atoms. The molecule has 0 aliphatic carbocycles. The Hall–Kier alpha value is -2.66. The van der Waals surface area contributed by atoms with E-state index in [-0.39, 0.29) is 17.1 Å². The Morgan fingerprint density at radius 3 is 0.184 bits per heavy atom. The Morgan fingerprint density at radius 1 is 0.0882 bits per heavy atom. The molecule has 0 spiro atoms. The molecule has 1 radical (unpaired) electrons. The van der Waals surface area contributed by atoms with Gasteiger partial charge in [0, 0.05) is 0 Å². The van der Waals surface area contributed by atoms with Crippen LogP contribution in [0.5, 0.6) is 0 Å². The standard InChI is InChI=1S/3C40H84N.6CN.Fe/c3*1-5-9-13-17-21-25-29-33-37-41(38-34-30-26-22-18-14-10-6-2,39-35-31-27-23-19-15-11-7-3)40-36-32-28-24-20-16-12-8-4;6*1-2;/h3*5-40H2,1-4H3;;;;;;;/q3*+1;6*-1;+3. The van der Waals surface area contributed by atoms with Gasteiger partial charge in [0.2, 0.25) is 0 Å². The fraction of sp³-hybridized carbons (Fsp3) is 0.952. The Morgan fingerprint density at radius 2 is 0.132 bits per heavy atom. The molecule has 0 atom stereocenters. The average molecular weight is 1950 g/mol. The molecule has 0 fully saturated rings. The van der Waals surface area contributed by atoms with E-state index in [1.807, 2.05) is 0 Å². The van der Waals surface area contributed by atoms with Gasteiger partial charge in [0.25, 0.3) is 0 Å². The average Bonchev–Trinajstić information content (AvgIpc) is 0.880. The maximum atomic E-state index is 6.25. The number of hydrogen-bond acceptors (Lipinski definition) is 6. The van der Waals surface area contributed by atoms with Crippen LogP contribution >= 0.6 is 0 Å². The van der Waals surface area contributed by atoms with Gasteiger partial charge in [-0.2, -0.15) is 0 Å². The van der Waals surface area contributed by atoms with E-state index in [9.17, 15) is 0 Å². The van der Waals surface area contributed by atoms with Crippen molar-refractivity contribution in [1.82, 2.24) is 0 Å². The number of rotatable bonds is 108. The summed E-state index contributed by atoms with van der Waals surface area (Å²) in [6.07, 6.45) is 140. The van der Waals surface area contributed by atoms with Crippen molar-refractivity contribution >= 4 is 0 Å². The number of nitrogens with zero attached hydrogens (tertiary/aromatic N) is 9. The summed E-state index contributed by atoms with van der Waals surface area (Å²) in [5.74, 6) is 0. The Balaban J connectivity index is -0.000000206. The second kappa shape index (κ2) is 150. The minimum atomic E-state index is 0. The summed E-state index contributed by atoms with van der Waals surface area (Å²) in [6.45, 7) is 74.3. The first kappa shape index (κ1) is 154. The SMILES string of the molecule is CCCCCCCCCC[N+](CCCCCCCCCC)(CCCCCCCCCC)CCCCCCCCCC.CCCCCCCCCC[N+](CCCCCCCCCC)(CCCCCCCCCC)CCCCCCCCCC.CCCCCCCCCC[N+](CCCCCCCCCC)(CCCCCCCCCC)CCCCCCCCCC.[C-]#N.[C-]#N.[C-]#N.[C-]#N.[C-]#N.[C-]#N.[Fe+3]. The number of quaternary nitrogens is 3. The van der Waals surface area contributed by atoms with Crippen LogP contribution in [0.15, 0.2) is 0 Å². The third-order valence-corrected chi connectivity index (χ3v) is 29.8. The van der Waals surface area contributed by atoms with Gasteiger partial charge in [0.15, 0.2) is 0 Å². The molecule has 0 rings (SSSR count). The van der Waals surface area contributed by atoms with E-state index in [2.05, 4.69) is 83.1 Å². The van der Waals surface area contributed by atoms with Crippen molar-refractivity contribution < 1.29 is 30.5 Å². The number of hydrogen-bond donors (Lipinski definition) is 0. The predicted octanol–water partition coefficient (Wildman–Crippen LogP) is 43.7. The number of unbranched alkanes of at least 4 members (excludes halogenated alkanes) is 84. The van der Waals surface area contributed by atoms with Gasteiger partial charge >= 0.3 is 17.1 Å². The second-order valence-corrected chi connectivity index (χ2v) is 42.4. The van der Waals surface area contributed by atoms with Gasteiger partial charge in [-0.3, -0.25) is 0 Å². The third-order valence-electron chi connectivity index (χ3n) is 29.8. The van der Waals surface area contributed by atoms with E-state index < -0.39 is 0 Å². The van der Waals surface area contributed by atoms with Crippen LogP contribution in [-0.2, 0) is 17.1 Å². The molecule has 0 heterocycles. The third kappa shape index (κ3) is 133. The molecule has 0 aromatic carbocycles. The molecular weight excluding hydrogens is 1700 g/mol. The van der Waals surface area contributed by atoms with Crippen LogP contribution in [0.2, 0.25) is 0 Å². The molecule has 0 aromatic heterocycles. The smallest absolute Gasteiger partial charge is 0.512 e. The van der Waals surface area contributed by atoms with Crippen molar-refractivity contribution in [3.63, 3.8) is 0 Å². The molecule has 0 N–H and O–H groups in total.